The molecule has 3 rings (SSSR count). The minimum atomic E-state index is -0.337. The van der Waals surface area contributed by atoms with Crippen LogP contribution in [0.4, 0.5) is 0 Å². The van der Waals surface area contributed by atoms with Crippen LogP contribution in [-0.2, 0) is 16.1 Å². The number of hydrogen-bond acceptors (Lipinski definition) is 4. The molecular weight excluding hydrogens is 340 g/mol. The lowest BCUT2D eigenvalue weighted by Crippen LogP contribution is -2.59. The van der Waals surface area contributed by atoms with Gasteiger partial charge in [0.25, 0.3) is 0 Å². The number of carbonyl (C=O) groups is 2. The molecule has 1 N–H and O–H groups in total. The largest absolute Gasteiger partial charge is 0.353 e. The van der Waals surface area contributed by atoms with E-state index < -0.39 is 0 Å². The van der Waals surface area contributed by atoms with Crippen LogP contribution in [0, 0.1) is 6.92 Å². The van der Waals surface area contributed by atoms with Crippen LogP contribution in [-0.4, -0.2) is 77.9 Å². The normalized spacial score (nSPS) is 22.1. The highest BCUT2D eigenvalue weighted by Crippen LogP contribution is 2.16. The average Bonchev–Trinajstić information content (AvgIpc) is 2.63. The second kappa shape index (κ2) is 8.85. The summed E-state index contributed by atoms with van der Waals surface area (Å²) in [5.74, 6) is 0.0827. The Morgan fingerprint density at radius 3 is 2.59 bits per heavy atom. The molecule has 1 atom stereocenters. The van der Waals surface area contributed by atoms with Gasteiger partial charge in [-0.25, -0.2) is 0 Å². The number of rotatable bonds is 5. The van der Waals surface area contributed by atoms with Gasteiger partial charge < -0.3 is 10.2 Å². The molecule has 148 valence electrons. The second-order valence-corrected chi connectivity index (χ2v) is 7.99. The lowest BCUT2D eigenvalue weighted by atomic mass is 10.1. The number of carbonyl (C=O) groups excluding carboxylic acids is 2. The average molecular weight is 373 g/mol. The molecule has 1 unspecified atom stereocenters. The van der Waals surface area contributed by atoms with Crippen molar-refractivity contribution in [3.63, 3.8) is 0 Å². The molecule has 6 nitrogen and oxygen atoms in total. The van der Waals surface area contributed by atoms with Gasteiger partial charge in [0.1, 0.15) is 0 Å². The maximum Gasteiger partial charge on any atom is 0.237 e. The van der Waals surface area contributed by atoms with Crippen LogP contribution in [0.5, 0.6) is 0 Å². The first-order valence-corrected chi connectivity index (χ1v) is 10.0. The van der Waals surface area contributed by atoms with Crippen LogP contribution >= 0.6 is 0 Å². The lowest BCUT2D eigenvalue weighted by molar-refractivity contribution is -0.140. The predicted octanol–water partition coefficient (Wildman–Crippen LogP) is 1.24. The van der Waals surface area contributed by atoms with Gasteiger partial charge in [-0.2, -0.15) is 0 Å². The van der Waals surface area contributed by atoms with Gasteiger partial charge in [-0.15, -0.1) is 0 Å². The maximum atomic E-state index is 12.8. The van der Waals surface area contributed by atoms with E-state index in [0.29, 0.717) is 6.54 Å². The van der Waals surface area contributed by atoms with Crippen molar-refractivity contribution in [1.82, 2.24) is 20.0 Å². The monoisotopic (exact) mass is 372 g/mol. The van der Waals surface area contributed by atoms with Gasteiger partial charge in [0, 0.05) is 51.9 Å². The fourth-order valence-electron chi connectivity index (χ4n) is 4.08. The predicted molar refractivity (Wildman–Crippen MR) is 106 cm³/mol. The third kappa shape index (κ3) is 5.08. The summed E-state index contributed by atoms with van der Waals surface area (Å²) in [6.45, 7) is 11.9. The zero-order valence-corrected chi connectivity index (χ0v) is 16.8. The summed E-state index contributed by atoms with van der Waals surface area (Å²) in [5.41, 5.74) is 2.60. The van der Waals surface area contributed by atoms with Gasteiger partial charge in [0.2, 0.25) is 11.8 Å². The summed E-state index contributed by atoms with van der Waals surface area (Å²) < 4.78 is 0. The Bertz CT molecular complexity index is 668. The molecular formula is C21H32N4O2. The number of aryl methyl sites for hydroxylation is 1. The summed E-state index contributed by atoms with van der Waals surface area (Å²) in [7, 11) is 0. The van der Waals surface area contributed by atoms with Crippen molar-refractivity contribution in [1.29, 1.82) is 0 Å². The Labute approximate surface area is 162 Å². The Hall–Kier alpha value is -1.92. The van der Waals surface area contributed by atoms with Gasteiger partial charge in [0.15, 0.2) is 0 Å². The van der Waals surface area contributed by atoms with E-state index >= 15 is 0 Å². The summed E-state index contributed by atoms with van der Waals surface area (Å²) in [6.07, 6.45) is 0.280. The van der Waals surface area contributed by atoms with Crippen molar-refractivity contribution in [3.05, 3.63) is 35.4 Å². The Balaban J connectivity index is 1.51. The van der Waals surface area contributed by atoms with Crippen LogP contribution in [0.15, 0.2) is 24.3 Å². The summed E-state index contributed by atoms with van der Waals surface area (Å²) >= 11 is 0. The van der Waals surface area contributed by atoms with Crippen molar-refractivity contribution >= 4 is 11.8 Å². The number of nitrogens with zero attached hydrogens (tertiary/aromatic N) is 3. The fourth-order valence-corrected chi connectivity index (χ4v) is 4.08. The number of amides is 2. The molecule has 0 radical (unpaired) electrons. The first-order valence-electron chi connectivity index (χ1n) is 10.0. The molecule has 1 aromatic rings. The van der Waals surface area contributed by atoms with E-state index in [1.807, 2.05) is 4.90 Å². The van der Waals surface area contributed by atoms with E-state index in [-0.39, 0.29) is 30.3 Å². The first kappa shape index (κ1) is 19.8. The second-order valence-electron chi connectivity index (χ2n) is 7.99. The van der Waals surface area contributed by atoms with Crippen LogP contribution in [0.2, 0.25) is 0 Å². The van der Waals surface area contributed by atoms with Crippen LogP contribution < -0.4 is 5.32 Å². The molecule has 0 aliphatic carbocycles. The molecule has 2 aliphatic heterocycles. The number of hydrogen-bond donors (Lipinski definition) is 1. The van der Waals surface area contributed by atoms with E-state index in [9.17, 15) is 9.59 Å². The molecule has 0 bridgehead atoms. The van der Waals surface area contributed by atoms with E-state index in [0.717, 1.165) is 39.3 Å². The SMILES string of the molecule is Cc1cccc(CN2CCN(C(=O)CC3C(=O)NCCN3C(C)C)CC2)c1. The van der Waals surface area contributed by atoms with Crippen molar-refractivity contribution < 1.29 is 9.59 Å². The molecule has 2 saturated heterocycles. The molecule has 2 fully saturated rings. The Morgan fingerprint density at radius 1 is 1.19 bits per heavy atom. The topological polar surface area (TPSA) is 55.9 Å². The number of nitrogens with one attached hydrogen (secondary N) is 1. The van der Waals surface area contributed by atoms with E-state index in [4.69, 9.17) is 0 Å². The van der Waals surface area contributed by atoms with Crippen LogP contribution in [0.3, 0.4) is 0 Å². The zero-order valence-electron chi connectivity index (χ0n) is 16.8. The van der Waals surface area contributed by atoms with Crippen molar-refractivity contribution in [2.45, 2.75) is 45.8 Å². The van der Waals surface area contributed by atoms with Gasteiger partial charge >= 0.3 is 0 Å². The quantitative estimate of drug-likeness (QED) is 0.845. The summed E-state index contributed by atoms with van der Waals surface area (Å²) in [4.78, 5) is 31.5. The molecule has 2 aliphatic rings. The van der Waals surface area contributed by atoms with Crippen molar-refractivity contribution in [2.75, 3.05) is 39.3 Å². The third-order valence-corrected chi connectivity index (χ3v) is 5.62. The molecule has 0 spiro atoms. The Morgan fingerprint density at radius 2 is 1.93 bits per heavy atom. The maximum absolute atomic E-state index is 12.8. The Kier molecular flexibility index (Phi) is 6.50. The number of piperazine rings is 2. The van der Waals surface area contributed by atoms with Gasteiger partial charge in [-0.3, -0.25) is 19.4 Å². The zero-order chi connectivity index (χ0) is 19.4. The van der Waals surface area contributed by atoms with Crippen LogP contribution in [0.1, 0.15) is 31.4 Å². The standard InChI is InChI=1S/C21H32N4O2/c1-16(2)25-8-7-22-21(27)19(25)14-20(26)24-11-9-23(10-12-24)15-18-6-4-5-17(3)13-18/h4-6,13,16,19H,7-12,14-15H2,1-3H3,(H,22,27). The first-order chi connectivity index (χ1) is 12.9. The molecule has 0 aromatic heterocycles. The van der Waals surface area contributed by atoms with Crippen molar-refractivity contribution in [3.8, 4) is 0 Å². The molecule has 2 heterocycles. The highest BCUT2D eigenvalue weighted by atomic mass is 16.2. The van der Waals surface area contributed by atoms with Crippen molar-refractivity contribution in [2.24, 2.45) is 0 Å². The van der Waals surface area contributed by atoms with E-state index in [2.05, 4.69) is 60.2 Å². The summed E-state index contributed by atoms with van der Waals surface area (Å²) in [5, 5.41) is 2.90. The van der Waals surface area contributed by atoms with Crippen LogP contribution in [0.25, 0.3) is 0 Å². The highest BCUT2D eigenvalue weighted by molar-refractivity contribution is 5.89. The smallest absolute Gasteiger partial charge is 0.237 e. The summed E-state index contributed by atoms with van der Waals surface area (Å²) in [6, 6.07) is 8.52. The molecule has 27 heavy (non-hydrogen) atoms. The highest BCUT2D eigenvalue weighted by Gasteiger charge is 2.34. The minimum Gasteiger partial charge on any atom is -0.353 e. The molecule has 0 saturated carbocycles. The van der Waals surface area contributed by atoms with E-state index in [1.165, 1.54) is 11.1 Å². The fraction of sp³-hybridized carbons (Fsp3) is 0.619. The third-order valence-electron chi connectivity index (χ3n) is 5.62. The molecule has 2 amide bonds. The van der Waals surface area contributed by atoms with Gasteiger partial charge in [0.05, 0.1) is 12.5 Å². The van der Waals surface area contributed by atoms with Gasteiger partial charge in [-0.1, -0.05) is 29.8 Å². The lowest BCUT2D eigenvalue weighted by Gasteiger charge is -2.39. The molecule has 1 aromatic carbocycles. The minimum absolute atomic E-state index is 0.0126. The molecule has 6 heteroatoms. The number of benzene rings is 1. The van der Waals surface area contributed by atoms with E-state index in [1.54, 1.807) is 0 Å². The van der Waals surface area contributed by atoms with Gasteiger partial charge in [-0.05, 0) is 26.3 Å².